The lowest BCUT2D eigenvalue weighted by Gasteiger charge is -2.30. The van der Waals surface area contributed by atoms with Crippen molar-refractivity contribution in [3.05, 3.63) is 45.6 Å². The number of thiophene rings is 1. The third-order valence-corrected chi connectivity index (χ3v) is 4.77. The van der Waals surface area contributed by atoms with E-state index in [0.717, 1.165) is 30.9 Å². The number of benzene rings is 1. The van der Waals surface area contributed by atoms with E-state index in [1.165, 1.54) is 5.56 Å². The normalized spacial score (nSPS) is 14.7. The third kappa shape index (κ3) is 4.47. The van der Waals surface area contributed by atoms with Gasteiger partial charge in [0.1, 0.15) is 0 Å². The molecule has 1 aliphatic heterocycles. The quantitative estimate of drug-likeness (QED) is 0.891. The summed E-state index contributed by atoms with van der Waals surface area (Å²) in [6.45, 7) is 3.04. The number of hydrogen-bond donors (Lipinski definition) is 1. The number of morpholine rings is 1. The summed E-state index contributed by atoms with van der Waals surface area (Å²) in [4.78, 5) is 14.5. The standard InChI is InChI=1S/C17H19ClN2O2S/c18-14-2-3-16(20-6-8-22-9-7-20)15(11-14)19-17(21)4-1-13-5-10-23-12-13/h2-3,5,10-12H,1,4,6-9H2,(H,19,21). The summed E-state index contributed by atoms with van der Waals surface area (Å²) in [6, 6.07) is 7.68. The molecule has 2 aromatic rings. The first-order chi connectivity index (χ1) is 11.2. The fourth-order valence-corrected chi connectivity index (χ4v) is 3.47. The van der Waals surface area contributed by atoms with E-state index in [2.05, 4.69) is 21.7 Å². The molecule has 6 heteroatoms. The molecule has 4 nitrogen and oxygen atoms in total. The minimum absolute atomic E-state index is 0.00739. The van der Waals surface area contributed by atoms with Gasteiger partial charge in [-0.25, -0.2) is 0 Å². The summed E-state index contributed by atoms with van der Waals surface area (Å²) in [6.07, 6.45) is 1.22. The fourth-order valence-electron chi connectivity index (χ4n) is 2.59. The van der Waals surface area contributed by atoms with Crippen molar-refractivity contribution in [3.63, 3.8) is 0 Å². The largest absolute Gasteiger partial charge is 0.378 e. The lowest BCUT2D eigenvalue weighted by Crippen LogP contribution is -2.36. The Morgan fingerprint density at radius 2 is 2.13 bits per heavy atom. The number of rotatable bonds is 5. The van der Waals surface area contributed by atoms with E-state index in [9.17, 15) is 4.79 Å². The van der Waals surface area contributed by atoms with E-state index in [4.69, 9.17) is 16.3 Å². The molecule has 0 atom stereocenters. The van der Waals surface area contributed by atoms with Gasteiger partial charge in [-0.3, -0.25) is 4.79 Å². The number of halogens is 1. The third-order valence-electron chi connectivity index (χ3n) is 3.81. The molecule has 1 amide bonds. The van der Waals surface area contributed by atoms with Crippen molar-refractivity contribution >= 4 is 40.2 Å². The molecule has 122 valence electrons. The molecule has 1 aromatic heterocycles. The zero-order valence-corrected chi connectivity index (χ0v) is 14.3. The van der Waals surface area contributed by atoms with Crippen molar-refractivity contribution in [2.45, 2.75) is 12.8 Å². The molecule has 1 aromatic carbocycles. The SMILES string of the molecule is O=C(CCc1ccsc1)Nc1cc(Cl)ccc1N1CCOCC1. The van der Waals surface area contributed by atoms with Crippen LogP contribution >= 0.6 is 22.9 Å². The Morgan fingerprint density at radius 1 is 1.30 bits per heavy atom. The molecule has 2 heterocycles. The second kappa shape index (κ2) is 7.81. The Labute approximate surface area is 145 Å². The number of ether oxygens (including phenoxy) is 1. The van der Waals surface area contributed by atoms with Crippen LogP contribution in [0.5, 0.6) is 0 Å². The molecule has 0 radical (unpaired) electrons. The summed E-state index contributed by atoms with van der Waals surface area (Å²) < 4.78 is 5.39. The Kier molecular flexibility index (Phi) is 5.54. The monoisotopic (exact) mass is 350 g/mol. The van der Waals surface area contributed by atoms with E-state index in [-0.39, 0.29) is 5.91 Å². The highest BCUT2D eigenvalue weighted by Crippen LogP contribution is 2.30. The maximum atomic E-state index is 12.3. The number of carbonyl (C=O) groups is 1. The smallest absolute Gasteiger partial charge is 0.224 e. The maximum Gasteiger partial charge on any atom is 0.224 e. The first-order valence-corrected chi connectivity index (χ1v) is 8.97. The van der Waals surface area contributed by atoms with Gasteiger partial charge in [-0.05, 0) is 47.0 Å². The summed E-state index contributed by atoms with van der Waals surface area (Å²) >= 11 is 7.76. The van der Waals surface area contributed by atoms with Crippen LogP contribution in [0.1, 0.15) is 12.0 Å². The zero-order valence-electron chi connectivity index (χ0n) is 12.8. The Balaban J connectivity index is 1.67. The molecule has 0 aliphatic carbocycles. The lowest BCUT2D eigenvalue weighted by atomic mass is 10.1. The van der Waals surface area contributed by atoms with E-state index < -0.39 is 0 Å². The van der Waals surface area contributed by atoms with E-state index in [0.29, 0.717) is 24.7 Å². The van der Waals surface area contributed by atoms with Gasteiger partial charge in [-0.1, -0.05) is 11.6 Å². The highest BCUT2D eigenvalue weighted by Gasteiger charge is 2.16. The molecule has 1 saturated heterocycles. The minimum atomic E-state index is 0.00739. The van der Waals surface area contributed by atoms with Crippen molar-refractivity contribution in [2.75, 3.05) is 36.5 Å². The summed E-state index contributed by atoms with van der Waals surface area (Å²) in [5.41, 5.74) is 2.97. The Hall–Kier alpha value is -1.56. The van der Waals surface area contributed by atoms with Gasteiger partial charge >= 0.3 is 0 Å². The maximum absolute atomic E-state index is 12.3. The van der Waals surface area contributed by atoms with Crippen LogP contribution in [0, 0.1) is 0 Å². The topological polar surface area (TPSA) is 41.6 Å². The highest BCUT2D eigenvalue weighted by molar-refractivity contribution is 7.07. The van der Waals surface area contributed by atoms with Gasteiger partial charge in [-0.15, -0.1) is 0 Å². The van der Waals surface area contributed by atoms with Crippen molar-refractivity contribution in [1.82, 2.24) is 0 Å². The van der Waals surface area contributed by atoms with Crippen LogP contribution in [0.4, 0.5) is 11.4 Å². The van der Waals surface area contributed by atoms with Crippen molar-refractivity contribution in [3.8, 4) is 0 Å². The molecule has 1 aliphatic rings. The first-order valence-electron chi connectivity index (χ1n) is 7.65. The molecule has 0 unspecified atom stereocenters. The molecule has 0 spiro atoms. The molecule has 0 bridgehead atoms. The summed E-state index contributed by atoms with van der Waals surface area (Å²) in [5.74, 6) is 0.00739. The summed E-state index contributed by atoms with van der Waals surface area (Å²) in [7, 11) is 0. The van der Waals surface area contributed by atoms with Gasteiger partial charge in [0, 0.05) is 24.5 Å². The second-order valence-corrected chi connectivity index (χ2v) is 6.66. The Bertz CT molecular complexity index is 655. The predicted octanol–water partition coefficient (Wildman–Crippen LogP) is 3.81. The molecular formula is C17H19ClN2O2S. The molecule has 1 fully saturated rings. The fraction of sp³-hybridized carbons (Fsp3) is 0.353. The van der Waals surface area contributed by atoms with E-state index in [1.54, 1.807) is 11.3 Å². The lowest BCUT2D eigenvalue weighted by molar-refractivity contribution is -0.116. The highest BCUT2D eigenvalue weighted by atomic mass is 35.5. The van der Waals surface area contributed by atoms with Gasteiger partial charge in [-0.2, -0.15) is 11.3 Å². The number of nitrogens with zero attached hydrogens (tertiary/aromatic N) is 1. The van der Waals surface area contributed by atoms with Gasteiger partial charge in [0.05, 0.1) is 24.6 Å². The van der Waals surface area contributed by atoms with Crippen LogP contribution < -0.4 is 10.2 Å². The molecular weight excluding hydrogens is 332 g/mol. The molecule has 23 heavy (non-hydrogen) atoms. The zero-order chi connectivity index (χ0) is 16.1. The second-order valence-electron chi connectivity index (χ2n) is 5.44. The van der Waals surface area contributed by atoms with Crippen LogP contribution in [0.2, 0.25) is 5.02 Å². The first kappa shape index (κ1) is 16.3. The van der Waals surface area contributed by atoms with Crippen LogP contribution in [0.25, 0.3) is 0 Å². The molecule has 1 N–H and O–H groups in total. The van der Waals surface area contributed by atoms with Crippen LogP contribution in [0.3, 0.4) is 0 Å². The Morgan fingerprint density at radius 3 is 2.87 bits per heavy atom. The number of nitrogens with one attached hydrogen (secondary N) is 1. The molecule has 0 saturated carbocycles. The number of aryl methyl sites for hydroxylation is 1. The van der Waals surface area contributed by atoms with Crippen molar-refractivity contribution in [1.29, 1.82) is 0 Å². The number of anilines is 2. The van der Waals surface area contributed by atoms with E-state index in [1.807, 2.05) is 23.6 Å². The van der Waals surface area contributed by atoms with Crippen LogP contribution in [-0.2, 0) is 16.0 Å². The van der Waals surface area contributed by atoms with E-state index >= 15 is 0 Å². The average molecular weight is 351 g/mol. The van der Waals surface area contributed by atoms with Gasteiger partial charge in [0.25, 0.3) is 0 Å². The summed E-state index contributed by atoms with van der Waals surface area (Å²) in [5, 5.41) is 7.73. The number of hydrogen-bond acceptors (Lipinski definition) is 4. The van der Waals surface area contributed by atoms with Crippen molar-refractivity contribution in [2.24, 2.45) is 0 Å². The van der Waals surface area contributed by atoms with Gasteiger partial charge in [0.15, 0.2) is 0 Å². The van der Waals surface area contributed by atoms with Crippen molar-refractivity contribution < 1.29 is 9.53 Å². The number of amides is 1. The van der Waals surface area contributed by atoms with Crippen LogP contribution in [0.15, 0.2) is 35.0 Å². The molecule has 3 rings (SSSR count). The van der Waals surface area contributed by atoms with Gasteiger partial charge in [0.2, 0.25) is 5.91 Å². The van der Waals surface area contributed by atoms with Crippen LogP contribution in [-0.4, -0.2) is 32.2 Å². The predicted molar refractivity (Wildman–Crippen MR) is 95.8 cm³/mol. The average Bonchev–Trinajstić information content (AvgIpc) is 3.07. The minimum Gasteiger partial charge on any atom is -0.378 e. The number of carbonyl (C=O) groups excluding carboxylic acids is 1. The van der Waals surface area contributed by atoms with Gasteiger partial charge < -0.3 is 15.0 Å².